The molecule has 0 spiro atoms. The first-order valence-corrected chi connectivity index (χ1v) is 7.39. The van der Waals surface area contributed by atoms with Crippen LogP contribution >= 0.6 is 0 Å². The molecule has 0 aliphatic rings. The van der Waals surface area contributed by atoms with Crippen molar-refractivity contribution in [3.05, 3.63) is 23.8 Å². The fraction of sp³-hybridized carbons (Fsp3) is 0.538. The van der Waals surface area contributed by atoms with Gasteiger partial charge in [0.15, 0.2) is 0 Å². The number of hydrogen-bond acceptors (Lipinski definition) is 4. The summed E-state index contributed by atoms with van der Waals surface area (Å²) in [6, 6.07) is 5.64. The Kier molecular flexibility index (Phi) is 6.15. The van der Waals surface area contributed by atoms with E-state index in [1.54, 1.807) is 14.2 Å². The molecule has 0 amide bonds. The Morgan fingerprint density at radius 2 is 2.06 bits per heavy atom. The van der Waals surface area contributed by atoms with Crippen LogP contribution < -0.4 is 14.8 Å². The topological polar surface area (TPSA) is 47.6 Å². The van der Waals surface area contributed by atoms with Crippen LogP contribution in [0.3, 0.4) is 0 Å². The average molecular weight is 271 g/mol. The third kappa shape index (κ3) is 3.71. The second-order valence-electron chi connectivity index (χ2n) is 3.84. The summed E-state index contributed by atoms with van der Waals surface area (Å²) in [6.07, 6.45) is 0. The van der Waals surface area contributed by atoms with Crippen molar-refractivity contribution in [1.82, 2.24) is 5.32 Å². The first-order valence-electron chi connectivity index (χ1n) is 5.90. The van der Waals surface area contributed by atoms with Crippen molar-refractivity contribution in [1.29, 1.82) is 0 Å². The first kappa shape index (κ1) is 15.0. The van der Waals surface area contributed by atoms with Gasteiger partial charge < -0.3 is 14.8 Å². The number of methoxy groups -OCH3 is 2. The van der Waals surface area contributed by atoms with E-state index in [0.29, 0.717) is 11.5 Å². The summed E-state index contributed by atoms with van der Waals surface area (Å²) in [5.41, 5.74) is 0.973. The molecule has 0 saturated heterocycles. The summed E-state index contributed by atoms with van der Waals surface area (Å²) in [4.78, 5) is 0. The quantitative estimate of drug-likeness (QED) is 0.820. The van der Waals surface area contributed by atoms with Gasteiger partial charge in [-0.1, -0.05) is 6.92 Å². The van der Waals surface area contributed by atoms with Gasteiger partial charge >= 0.3 is 0 Å². The van der Waals surface area contributed by atoms with Crippen molar-refractivity contribution >= 4 is 10.8 Å². The van der Waals surface area contributed by atoms with E-state index in [9.17, 15) is 4.21 Å². The van der Waals surface area contributed by atoms with E-state index >= 15 is 0 Å². The van der Waals surface area contributed by atoms with Crippen molar-refractivity contribution in [2.24, 2.45) is 0 Å². The van der Waals surface area contributed by atoms with E-state index in [0.717, 1.165) is 17.1 Å². The van der Waals surface area contributed by atoms with Crippen molar-refractivity contribution in [2.75, 3.05) is 32.8 Å². The lowest BCUT2D eigenvalue weighted by Gasteiger charge is -2.19. The molecular weight excluding hydrogens is 250 g/mol. The van der Waals surface area contributed by atoms with E-state index in [-0.39, 0.29) is 6.04 Å². The molecule has 1 rings (SSSR count). The molecule has 0 aliphatic carbocycles. The average Bonchev–Trinajstić information content (AvgIpc) is 2.43. The minimum Gasteiger partial charge on any atom is -0.497 e. The molecule has 0 heterocycles. The molecule has 1 N–H and O–H groups in total. The van der Waals surface area contributed by atoms with Crippen molar-refractivity contribution in [3.63, 3.8) is 0 Å². The van der Waals surface area contributed by atoms with Gasteiger partial charge in [-0.2, -0.15) is 0 Å². The van der Waals surface area contributed by atoms with Crippen LogP contribution in [0.15, 0.2) is 18.2 Å². The summed E-state index contributed by atoms with van der Waals surface area (Å²) in [7, 11) is 4.29. The maximum Gasteiger partial charge on any atom is 0.123 e. The smallest absolute Gasteiger partial charge is 0.123 e. The van der Waals surface area contributed by atoms with Crippen molar-refractivity contribution < 1.29 is 13.7 Å². The van der Waals surface area contributed by atoms with Crippen LogP contribution in [0.1, 0.15) is 18.5 Å². The van der Waals surface area contributed by atoms with Gasteiger partial charge in [-0.3, -0.25) is 4.21 Å². The van der Waals surface area contributed by atoms with Crippen LogP contribution in [-0.4, -0.2) is 37.0 Å². The molecule has 2 unspecified atom stereocenters. The number of nitrogens with one attached hydrogen (secondary N) is 1. The first-order chi connectivity index (χ1) is 8.65. The maximum absolute atomic E-state index is 11.7. The number of ether oxygens (including phenoxy) is 2. The maximum atomic E-state index is 11.7. The standard InChI is InChI=1S/C13H21NO3S/c1-5-18(15)9-12(14-2)11-8-10(16-3)6-7-13(11)17-4/h6-8,12,14H,5,9H2,1-4H3. The van der Waals surface area contributed by atoms with Crippen LogP contribution in [0.2, 0.25) is 0 Å². The number of hydrogen-bond donors (Lipinski definition) is 1. The Hall–Kier alpha value is -1.07. The summed E-state index contributed by atoms with van der Waals surface area (Å²) in [6.45, 7) is 1.92. The minimum atomic E-state index is -0.835. The van der Waals surface area contributed by atoms with E-state index < -0.39 is 10.8 Å². The van der Waals surface area contributed by atoms with Crippen LogP contribution in [0.4, 0.5) is 0 Å². The van der Waals surface area contributed by atoms with Gasteiger partial charge in [0.25, 0.3) is 0 Å². The normalized spacial score (nSPS) is 14.0. The third-order valence-electron chi connectivity index (χ3n) is 2.84. The second-order valence-corrected chi connectivity index (χ2v) is 5.63. The Morgan fingerprint density at radius 3 is 2.56 bits per heavy atom. The predicted octanol–water partition coefficient (Wildman–Crippen LogP) is 1.73. The van der Waals surface area contributed by atoms with Crippen LogP contribution in [0.5, 0.6) is 11.5 Å². The summed E-state index contributed by atoms with van der Waals surface area (Å²) < 4.78 is 22.3. The Balaban J connectivity index is 3.05. The lowest BCUT2D eigenvalue weighted by atomic mass is 10.1. The highest BCUT2D eigenvalue weighted by Crippen LogP contribution is 2.29. The molecule has 102 valence electrons. The van der Waals surface area contributed by atoms with E-state index in [2.05, 4.69) is 5.32 Å². The molecular formula is C13H21NO3S. The molecule has 1 aromatic rings. The molecule has 0 aromatic heterocycles. The van der Waals surface area contributed by atoms with E-state index in [1.807, 2.05) is 32.2 Å². The van der Waals surface area contributed by atoms with Gasteiger partial charge in [0.05, 0.1) is 14.2 Å². The predicted molar refractivity (Wildman–Crippen MR) is 74.9 cm³/mol. The highest BCUT2D eigenvalue weighted by Gasteiger charge is 2.17. The van der Waals surface area contributed by atoms with Crippen molar-refractivity contribution in [3.8, 4) is 11.5 Å². The van der Waals surface area contributed by atoms with E-state index in [4.69, 9.17) is 9.47 Å². The fourth-order valence-corrected chi connectivity index (χ4v) is 2.70. The molecule has 5 heteroatoms. The van der Waals surface area contributed by atoms with Crippen molar-refractivity contribution in [2.45, 2.75) is 13.0 Å². The van der Waals surface area contributed by atoms with Crippen LogP contribution in [0, 0.1) is 0 Å². The lowest BCUT2D eigenvalue weighted by molar-refractivity contribution is 0.394. The SMILES string of the molecule is CCS(=O)CC(NC)c1cc(OC)ccc1OC. The number of benzene rings is 1. The third-order valence-corrected chi connectivity index (χ3v) is 4.18. The Bertz CT molecular complexity index is 409. The zero-order valence-corrected chi connectivity index (χ0v) is 12.2. The minimum absolute atomic E-state index is 0.00386. The highest BCUT2D eigenvalue weighted by molar-refractivity contribution is 7.84. The van der Waals surface area contributed by atoms with Gasteiger partial charge in [0.2, 0.25) is 0 Å². The molecule has 4 nitrogen and oxygen atoms in total. The van der Waals surface area contributed by atoms with E-state index in [1.165, 1.54) is 0 Å². The molecule has 0 fully saturated rings. The largest absolute Gasteiger partial charge is 0.497 e. The second kappa shape index (κ2) is 7.38. The van der Waals surface area contributed by atoms with Gasteiger partial charge in [0.1, 0.15) is 11.5 Å². The molecule has 2 atom stereocenters. The van der Waals surface area contributed by atoms with Gasteiger partial charge in [-0.25, -0.2) is 0 Å². The molecule has 1 aromatic carbocycles. The highest BCUT2D eigenvalue weighted by atomic mass is 32.2. The molecule has 0 radical (unpaired) electrons. The Labute approximate surface area is 111 Å². The summed E-state index contributed by atoms with van der Waals surface area (Å²) >= 11 is 0. The fourth-order valence-electron chi connectivity index (χ4n) is 1.74. The number of rotatable bonds is 7. The van der Waals surface area contributed by atoms with Gasteiger partial charge in [-0.05, 0) is 25.2 Å². The molecule has 18 heavy (non-hydrogen) atoms. The Morgan fingerprint density at radius 1 is 1.33 bits per heavy atom. The zero-order valence-electron chi connectivity index (χ0n) is 11.4. The molecule has 0 bridgehead atoms. The summed E-state index contributed by atoms with van der Waals surface area (Å²) in [5.74, 6) is 2.78. The lowest BCUT2D eigenvalue weighted by Crippen LogP contribution is -2.23. The molecule has 0 aliphatic heterocycles. The van der Waals surface area contributed by atoms with Crippen LogP contribution in [-0.2, 0) is 10.8 Å². The van der Waals surface area contributed by atoms with Crippen LogP contribution in [0.25, 0.3) is 0 Å². The molecule has 0 saturated carbocycles. The summed E-state index contributed by atoms with van der Waals surface area (Å²) in [5, 5.41) is 3.18. The van der Waals surface area contributed by atoms with Gasteiger partial charge in [-0.15, -0.1) is 0 Å². The zero-order chi connectivity index (χ0) is 13.5. The van der Waals surface area contributed by atoms with Gasteiger partial charge in [0, 0.05) is 33.9 Å². The monoisotopic (exact) mass is 271 g/mol.